The molecule has 2 heteroatoms. The van der Waals surface area contributed by atoms with Gasteiger partial charge in [-0.25, -0.2) is 0 Å². The Morgan fingerprint density at radius 2 is 1.68 bits per heavy atom. The van der Waals surface area contributed by atoms with Crippen LogP contribution >= 0.6 is 0 Å². The Kier molecular flexibility index (Phi) is 3.62. The molecule has 98 valence electrons. The van der Waals surface area contributed by atoms with Gasteiger partial charge >= 0.3 is 0 Å². The second kappa shape index (κ2) is 5.55. The van der Waals surface area contributed by atoms with Crippen molar-refractivity contribution in [2.45, 2.75) is 19.1 Å². The van der Waals surface area contributed by atoms with Crippen LogP contribution in [0.4, 0.5) is 0 Å². The highest BCUT2D eigenvalue weighted by Gasteiger charge is 2.25. The topological polar surface area (TPSA) is 21.8 Å². The fourth-order valence-electron chi connectivity index (χ4n) is 2.12. The molecule has 0 radical (unpaired) electrons. The minimum absolute atomic E-state index is 0.00833. The van der Waals surface area contributed by atoms with E-state index in [1.165, 1.54) is 16.7 Å². The molecule has 1 aliphatic rings. The maximum atomic E-state index is 6.05. The highest BCUT2D eigenvalue weighted by atomic mass is 16.6. The van der Waals surface area contributed by atoms with Crippen molar-refractivity contribution in [2.75, 3.05) is 13.2 Å². The lowest BCUT2D eigenvalue weighted by Crippen LogP contribution is -2.10. The van der Waals surface area contributed by atoms with Crippen molar-refractivity contribution in [3.8, 4) is 0 Å². The molecule has 1 saturated heterocycles. The number of epoxide rings is 1. The van der Waals surface area contributed by atoms with Crippen LogP contribution in [0.1, 0.15) is 22.8 Å². The molecule has 0 bridgehead atoms. The van der Waals surface area contributed by atoms with Crippen LogP contribution in [0.15, 0.2) is 54.6 Å². The van der Waals surface area contributed by atoms with Crippen molar-refractivity contribution in [1.82, 2.24) is 0 Å². The molecule has 2 nitrogen and oxygen atoms in total. The van der Waals surface area contributed by atoms with E-state index >= 15 is 0 Å². The molecule has 0 amide bonds. The van der Waals surface area contributed by atoms with Crippen molar-refractivity contribution in [1.29, 1.82) is 0 Å². The molecule has 1 fully saturated rings. The first-order valence-electron chi connectivity index (χ1n) is 6.67. The molecule has 3 rings (SSSR count). The lowest BCUT2D eigenvalue weighted by molar-refractivity contribution is 0.0672. The van der Waals surface area contributed by atoms with Gasteiger partial charge < -0.3 is 9.47 Å². The molecule has 0 aliphatic carbocycles. The summed E-state index contributed by atoms with van der Waals surface area (Å²) >= 11 is 0. The summed E-state index contributed by atoms with van der Waals surface area (Å²) in [5, 5.41) is 0. The van der Waals surface area contributed by atoms with Gasteiger partial charge in [0.05, 0.1) is 13.2 Å². The molecule has 19 heavy (non-hydrogen) atoms. The van der Waals surface area contributed by atoms with Crippen LogP contribution in [0.3, 0.4) is 0 Å². The molecule has 0 aromatic heterocycles. The minimum atomic E-state index is -0.00833. The van der Waals surface area contributed by atoms with Crippen molar-refractivity contribution in [3.63, 3.8) is 0 Å². The Balaban J connectivity index is 1.84. The molecule has 0 unspecified atom stereocenters. The van der Waals surface area contributed by atoms with Gasteiger partial charge in [-0.3, -0.25) is 0 Å². The highest BCUT2D eigenvalue weighted by Crippen LogP contribution is 2.27. The number of ether oxygens (including phenoxy) is 2. The molecule has 0 saturated carbocycles. The second-order valence-electron chi connectivity index (χ2n) is 4.99. The van der Waals surface area contributed by atoms with Crippen LogP contribution in [0.5, 0.6) is 0 Å². The average molecular weight is 254 g/mol. The molecule has 1 heterocycles. The molecule has 0 N–H and O–H groups in total. The number of benzene rings is 2. The maximum absolute atomic E-state index is 6.05. The molecular formula is C17H18O2. The van der Waals surface area contributed by atoms with Crippen LogP contribution < -0.4 is 0 Å². The van der Waals surface area contributed by atoms with Gasteiger partial charge in [-0.05, 0) is 18.1 Å². The zero-order valence-electron chi connectivity index (χ0n) is 11.1. The number of rotatable bonds is 5. The van der Waals surface area contributed by atoms with Gasteiger partial charge in [-0.15, -0.1) is 0 Å². The predicted molar refractivity (Wildman–Crippen MR) is 75.2 cm³/mol. The quantitative estimate of drug-likeness (QED) is 0.762. The van der Waals surface area contributed by atoms with Gasteiger partial charge in [0.25, 0.3) is 0 Å². The summed E-state index contributed by atoms with van der Waals surface area (Å²) in [7, 11) is 0. The van der Waals surface area contributed by atoms with E-state index in [2.05, 4.69) is 43.3 Å². The van der Waals surface area contributed by atoms with E-state index in [0.29, 0.717) is 6.61 Å². The van der Waals surface area contributed by atoms with Gasteiger partial charge in [0.15, 0.2) is 0 Å². The summed E-state index contributed by atoms with van der Waals surface area (Å²) in [6.07, 6.45) is 0.280. The van der Waals surface area contributed by atoms with Crippen molar-refractivity contribution in [3.05, 3.63) is 71.3 Å². The number of aryl methyl sites for hydroxylation is 1. The van der Waals surface area contributed by atoms with Gasteiger partial charge in [0, 0.05) is 0 Å². The number of hydrogen-bond donors (Lipinski definition) is 0. The summed E-state index contributed by atoms with van der Waals surface area (Å²) in [6.45, 7) is 3.59. The second-order valence-corrected chi connectivity index (χ2v) is 4.99. The van der Waals surface area contributed by atoms with E-state index in [1.54, 1.807) is 0 Å². The minimum Gasteiger partial charge on any atom is -0.371 e. The SMILES string of the molecule is Cc1ccc([C@@H](OC[C@H]2CO2)c2ccccc2)cc1. The molecule has 0 spiro atoms. The molecule has 2 atom stereocenters. The number of hydrogen-bond acceptors (Lipinski definition) is 2. The zero-order valence-corrected chi connectivity index (χ0v) is 11.1. The van der Waals surface area contributed by atoms with E-state index in [4.69, 9.17) is 9.47 Å². The third kappa shape index (κ3) is 3.22. The van der Waals surface area contributed by atoms with E-state index in [9.17, 15) is 0 Å². The normalized spacial score (nSPS) is 19.1. The maximum Gasteiger partial charge on any atom is 0.108 e. The standard InChI is InChI=1S/C17H18O2/c1-13-7-9-15(10-8-13)17(19-12-16-11-18-16)14-5-3-2-4-6-14/h2-10,16-17H,11-12H2,1H3/t16-,17+/m1/s1. The third-order valence-electron chi connectivity index (χ3n) is 3.33. The Bertz CT molecular complexity index is 515. The lowest BCUT2D eigenvalue weighted by atomic mass is 10.0. The van der Waals surface area contributed by atoms with Crippen molar-refractivity contribution < 1.29 is 9.47 Å². The van der Waals surface area contributed by atoms with E-state index < -0.39 is 0 Å². The van der Waals surface area contributed by atoms with Gasteiger partial charge in [-0.2, -0.15) is 0 Å². The van der Waals surface area contributed by atoms with Gasteiger partial charge in [-0.1, -0.05) is 60.2 Å². The van der Waals surface area contributed by atoms with E-state index in [-0.39, 0.29) is 12.2 Å². The first kappa shape index (κ1) is 12.4. The van der Waals surface area contributed by atoms with E-state index in [1.807, 2.05) is 18.2 Å². The Morgan fingerprint density at radius 1 is 1.05 bits per heavy atom. The summed E-state index contributed by atoms with van der Waals surface area (Å²) in [5.74, 6) is 0. The fraction of sp³-hybridized carbons (Fsp3) is 0.294. The summed E-state index contributed by atoms with van der Waals surface area (Å²) in [6, 6.07) is 18.9. The smallest absolute Gasteiger partial charge is 0.108 e. The highest BCUT2D eigenvalue weighted by molar-refractivity contribution is 5.31. The lowest BCUT2D eigenvalue weighted by Gasteiger charge is -2.18. The van der Waals surface area contributed by atoms with Crippen LogP contribution in [0, 0.1) is 6.92 Å². The van der Waals surface area contributed by atoms with E-state index in [0.717, 1.165) is 6.61 Å². The summed E-state index contributed by atoms with van der Waals surface area (Å²) in [5.41, 5.74) is 3.64. The molecular weight excluding hydrogens is 236 g/mol. The summed E-state index contributed by atoms with van der Waals surface area (Å²) in [4.78, 5) is 0. The first-order chi connectivity index (χ1) is 9.33. The van der Waals surface area contributed by atoms with Gasteiger partial charge in [0.1, 0.15) is 12.2 Å². The Labute approximate surface area is 114 Å². The molecule has 2 aromatic carbocycles. The Morgan fingerprint density at radius 3 is 2.32 bits per heavy atom. The van der Waals surface area contributed by atoms with Crippen LogP contribution in [0.25, 0.3) is 0 Å². The molecule has 1 aliphatic heterocycles. The third-order valence-corrected chi connectivity index (χ3v) is 3.33. The van der Waals surface area contributed by atoms with Crippen LogP contribution in [0.2, 0.25) is 0 Å². The zero-order chi connectivity index (χ0) is 13.1. The summed E-state index contributed by atoms with van der Waals surface area (Å²) < 4.78 is 11.3. The van der Waals surface area contributed by atoms with Gasteiger partial charge in [0.2, 0.25) is 0 Å². The molecule has 2 aromatic rings. The Hall–Kier alpha value is -1.64. The monoisotopic (exact) mass is 254 g/mol. The fourth-order valence-corrected chi connectivity index (χ4v) is 2.12. The van der Waals surface area contributed by atoms with Crippen molar-refractivity contribution >= 4 is 0 Å². The van der Waals surface area contributed by atoms with Crippen LogP contribution in [-0.2, 0) is 9.47 Å². The average Bonchev–Trinajstić information content (AvgIpc) is 3.26. The largest absolute Gasteiger partial charge is 0.371 e. The van der Waals surface area contributed by atoms with Crippen molar-refractivity contribution in [2.24, 2.45) is 0 Å². The van der Waals surface area contributed by atoms with Crippen LogP contribution in [-0.4, -0.2) is 19.3 Å². The predicted octanol–water partition coefficient (Wildman–Crippen LogP) is 3.50. The first-order valence-corrected chi connectivity index (χ1v) is 6.67.